The van der Waals surface area contributed by atoms with Crippen molar-refractivity contribution in [2.45, 2.75) is 197 Å². The summed E-state index contributed by atoms with van der Waals surface area (Å²) in [7, 11) is -4.42. The van der Waals surface area contributed by atoms with Crippen LogP contribution in [0.4, 0.5) is 0 Å². The first-order chi connectivity index (χ1) is 26.4. The highest BCUT2D eigenvalue weighted by Gasteiger charge is 2.46. The molecule has 4 aromatic rings. The zero-order valence-corrected chi connectivity index (χ0v) is 43.8. The van der Waals surface area contributed by atoms with Crippen LogP contribution in [0, 0.1) is 0 Å². The summed E-state index contributed by atoms with van der Waals surface area (Å²) in [6.45, 7) is 49.2. The molecular formula is C54H79Cl2PSi. The van der Waals surface area contributed by atoms with E-state index in [0.717, 1.165) is 0 Å². The van der Waals surface area contributed by atoms with Gasteiger partial charge in [-0.2, -0.15) is 0 Å². The Labute approximate surface area is 369 Å². The van der Waals surface area contributed by atoms with E-state index in [1.807, 2.05) is 0 Å². The van der Waals surface area contributed by atoms with Crippen LogP contribution in [0.1, 0.15) is 231 Å². The third kappa shape index (κ3) is 9.91. The molecule has 1 atom stereocenters. The van der Waals surface area contributed by atoms with E-state index < -0.39 is 14.7 Å². The van der Waals surface area contributed by atoms with E-state index in [0.29, 0.717) is 35.5 Å². The standard InChI is InChI=1S/C54H79Cl2PSi/c1-32(2)38-26-43(34(5)6)50(44(27-38)35(7)8)58(56,51-45(36(9)10)28-39(33(3)4)29-46(51)37(11)12)42-24-22-41(23-25-42)57(55)49-47(53(16,17)18)30-40(52(13,14)15)31-48(49)54(19,20)21/h22-37H,1-21H3. The van der Waals surface area contributed by atoms with E-state index in [1.54, 1.807) is 0 Å². The SMILES string of the molecule is CC(C)c1cc(C(C)C)c([Si](Cl)(c2ccc(P(Cl)c3c(C(C)(C)C)cc(C(C)(C)C)cc3C(C)(C)C)cc2)c2c(C(C)C)cc(C(C)C)cc2C(C)C)c(C(C)C)c1. The van der Waals surface area contributed by atoms with Gasteiger partial charge >= 0.3 is 0 Å². The number of halogens is 2. The van der Waals surface area contributed by atoms with E-state index in [4.69, 9.17) is 22.3 Å². The second-order valence-electron chi connectivity index (χ2n) is 22.2. The lowest BCUT2D eigenvalue weighted by atomic mass is 9.75. The molecule has 1 unspecified atom stereocenters. The van der Waals surface area contributed by atoms with E-state index in [9.17, 15) is 0 Å². The van der Waals surface area contributed by atoms with Crippen LogP contribution in [0.3, 0.4) is 0 Å². The van der Waals surface area contributed by atoms with Gasteiger partial charge in [-0.1, -0.05) is 217 Å². The summed E-state index contributed by atoms with van der Waals surface area (Å²) in [6.07, 6.45) is 0. The second kappa shape index (κ2) is 17.8. The Balaban J connectivity index is 2.20. The number of hydrogen-bond acceptors (Lipinski definition) is 0. The molecule has 0 amide bonds. The summed E-state index contributed by atoms with van der Waals surface area (Å²) < 4.78 is 0. The van der Waals surface area contributed by atoms with Gasteiger partial charge in [0.1, 0.15) is 0 Å². The van der Waals surface area contributed by atoms with Crippen LogP contribution in [0.15, 0.2) is 60.7 Å². The second-order valence-corrected chi connectivity index (χ2v) is 29.4. The molecule has 0 N–H and O–H groups in total. The minimum atomic E-state index is -3.23. The highest BCUT2D eigenvalue weighted by Crippen LogP contribution is 2.47. The highest BCUT2D eigenvalue weighted by atomic mass is 35.7. The predicted molar refractivity (Wildman–Crippen MR) is 269 cm³/mol. The van der Waals surface area contributed by atoms with Crippen molar-refractivity contribution in [1.29, 1.82) is 0 Å². The molecule has 0 nitrogen and oxygen atoms in total. The van der Waals surface area contributed by atoms with E-state index in [1.165, 1.54) is 76.2 Å². The van der Waals surface area contributed by atoms with Gasteiger partial charge in [0.05, 0.1) is 7.27 Å². The van der Waals surface area contributed by atoms with Crippen molar-refractivity contribution < 1.29 is 0 Å². The van der Waals surface area contributed by atoms with Crippen LogP contribution in [0.5, 0.6) is 0 Å². The molecule has 4 aromatic carbocycles. The molecule has 4 heteroatoms. The lowest BCUT2D eigenvalue weighted by molar-refractivity contribution is 0.554. The lowest BCUT2D eigenvalue weighted by Gasteiger charge is -2.38. The molecule has 0 spiro atoms. The molecule has 0 fully saturated rings. The molecule has 0 saturated carbocycles. The summed E-state index contributed by atoms with van der Waals surface area (Å²) in [6, 6.07) is 24.4. The first-order valence-electron chi connectivity index (χ1n) is 22.3. The van der Waals surface area contributed by atoms with Crippen LogP contribution >= 0.6 is 29.6 Å². The fourth-order valence-electron chi connectivity index (χ4n) is 8.49. The average Bonchev–Trinajstić information content (AvgIpc) is 3.11. The summed E-state index contributed by atoms with van der Waals surface area (Å²) in [5, 5.41) is 6.53. The minimum Gasteiger partial charge on any atom is -0.149 e. The van der Waals surface area contributed by atoms with Crippen LogP contribution in [-0.4, -0.2) is 7.38 Å². The van der Waals surface area contributed by atoms with Gasteiger partial charge < -0.3 is 0 Å². The van der Waals surface area contributed by atoms with Crippen LogP contribution < -0.4 is 26.2 Å². The van der Waals surface area contributed by atoms with E-state index in [-0.39, 0.29) is 16.2 Å². The largest absolute Gasteiger partial charge is 0.249 e. The molecular weight excluding hydrogens is 779 g/mol. The van der Waals surface area contributed by atoms with Gasteiger partial charge in [-0.05, 0) is 123 Å². The van der Waals surface area contributed by atoms with Crippen molar-refractivity contribution in [2.24, 2.45) is 0 Å². The lowest BCUT2D eigenvalue weighted by Crippen LogP contribution is -2.67. The van der Waals surface area contributed by atoms with Gasteiger partial charge in [0, 0.05) is 5.30 Å². The van der Waals surface area contributed by atoms with Gasteiger partial charge in [0.15, 0.2) is 0 Å². The maximum absolute atomic E-state index is 8.97. The maximum atomic E-state index is 8.97. The van der Waals surface area contributed by atoms with Gasteiger partial charge in [-0.15, -0.1) is 11.1 Å². The monoisotopic (exact) mass is 857 g/mol. The predicted octanol–water partition coefficient (Wildman–Crippen LogP) is 15.1. The average molecular weight is 858 g/mol. The van der Waals surface area contributed by atoms with Crippen molar-refractivity contribution in [3.05, 3.63) is 111 Å². The van der Waals surface area contributed by atoms with Crippen molar-refractivity contribution in [2.75, 3.05) is 0 Å². The molecule has 318 valence electrons. The van der Waals surface area contributed by atoms with Crippen LogP contribution in [-0.2, 0) is 16.2 Å². The normalized spacial score (nSPS) is 13.9. The van der Waals surface area contributed by atoms with Gasteiger partial charge in [-0.3, -0.25) is 0 Å². The topological polar surface area (TPSA) is 0 Å². The molecule has 4 rings (SSSR count). The Bertz CT molecular complexity index is 1890. The van der Waals surface area contributed by atoms with Crippen molar-refractivity contribution in [3.8, 4) is 0 Å². The van der Waals surface area contributed by atoms with Gasteiger partial charge in [0.25, 0.3) is 0 Å². The van der Waals surface area contributed by atoms with Gasteiger partial charge in [-0.25, -0.2) is 0 Å². The van der Waals surface area contributed by atoms with Crippen molar-refractivity contribution in [1.82, 2.24) is 0 Å². The summed E-state index contributed by atoms with van der Waals surface area (Å²) in [5.41, 5.74) is 12.4. The van der Waals surface area contributed by atoms with E-state index in [2.05, 4.69) is 206 Å². The summed E-state index contributed by atoms with van der Waals surface area (Å²) in [4.78, 5) is 0. The van der Waals surface area contributed by atoms with E-state index >= 15 is 0 Å². The third-order valence-corrected chi connectivity index (χ3v) is 20.4. The Kier molecular flexibility index (Phi) is 15.0. The zero-order valence-electron chi connectivity index (χ0n) is 40.4. The number of rotatable bonds is 11. The molecule has 0 aromatic heterocycles. The number of hydrogen-bond donors (Lipinski definition) is 0. The number of benzene rings is 4. The molecule has 0 heterocycles. The molecule has 0 saturated heterocycles. The van der Waals surface area contributed by atoms with Gasteiger partial charge in [0.2, 0.25) is 7.38 Å². The maximum Gasteiger partial charge on any atom is 0.249 e. The Morgan fingerprint density at radius 2 is 0.759 bits per heavy atom. The Hall–Kier alpha value is -1.89. The first-order valence-corrected chi connectivity index (χ1v) is 27.5. The Morgan fingerprint density at radius 1 is 0.448 bits per heavy atom. The van der Waals surface area contributed by atoms with Crippen LogP contribution in [0.2, 0.25) is 0 Å². The summed E-state index contributed by atoms with van der Waals surface area (Å²) in [5.74, 6) is 2.11. The first kappa shape index (κ1) is 48.8. The molecule has 0 aliphatic carbocycles. The Morgan fingerprint density at radius 3 is 1.00 bits per heavy atom. The molecule has 0 bridgehead atoms. The molecule has 0 aliphatic rings. The fourth-order valence-corrected chi connectivity index (χ4v) is 17.4. The summed E-state index contributed by atoms with van der Waals surface area (Å²) >= 11 is 16.9. The van der Waals surface area contributed by atoms with Crippen LogP contribution in [0.25, 0.3) is 0 Å². The quantitative estimate of drug-likeness (QED) is 0.0610. The molecule has 58 heavy (non-hydrogen) atoms. The zero-order chi connectivity index (χ0) is 44.2. The smallest absolute Gasteiger partial charge is 0.149 e. The van der Waals surface area contributed by atoms with Crippen molar-refractivity contribution >= 4 is 63.1 Å². The third-order valence-electron chi connectivity index (χ3n) is 12.2. The highest BCUT2D eigenvalue weighted by molar-refractivity contribution is 7.95. The molecule has 0 radical (unpaired) electrons. The minimum absolute atomic E-state index is 0.0255. The molecule has 0 aliphatic heterocycles. The fraction of sp³-hybridized carbons (Fsp3) is 0.556. The van der Waals surface area contributed by atoms with Crippen molar-refractivity contribution in [3.63, 3.8) is 0 Å².